The predicted molar refractivity (Wildman–Crippen MR) is 77.7 cm³/mol. The largest absolute Gasteiger partial charge is 0.425 e. The van der Waals surface area contributed by atoms with E-state index in [1.807, 2.05) is 0 Å². The van der Waals surface area contributed by atoms with Gasteiger partial charge in [-0.1, -0.05) is 0 Å². The number of likely N-dealkylation sites (N-methyl/N-ethyl adjacent to an activating group) is 1. The summed E-state index contributed by atoms with van der Waals surface area (Å²) in [6.07, 6.45) is -24.0. The molecule has 0 N–H and O–H groups in total. The summed E-state index contributed by atoms with van der Waals surface area (Å²) in [5, 5.41) is 0. The molecule has 0 spiro atoms. The molecule has 2 heterocycles. The Morgan fingerprint density at radius 3 is 1.59 bits per heavy atom. The molecule has 0 aromatic carbocycles. The van der Waals surface area contributed by atoms with Gasteiger partial charge >= 0.3 is 18.3 Å². The number of hydrogen-bond donors (Lipinski definition) is 0. The third kappa shape index (κ3) is 5.06. The van der Waals surface area contributed by atoms with Crippen molar-refractivity contribution in [3.8, 4) is 0 Å². The maximum atomic E-state index is 14.7. The zero-order chi connectivity index (χ0) is 22.4. The van der Waals surface area contributed by atoms with Gasteiger partial charge in [0.1, 0.15) is 12.2 Å². The van der Waals surface area contributed by atoms with Crippen molar-refractivity contribution in [2.45, 2.75) is 61.5 Å². The summed E-state index contributed by atoms with van der Waals surface area (Å²) in [6, 6.07) is -3.37. The predicted octanol–water partition coefficient (Wildman–Crippen LogP) is 3.88. The van der Waals surface area contributed by atoms with Crippen molar-refractivity contribution in [2.24, 2.45) is 0 Å². The molecule has 0 aliphatic carbocycles. The van der Waals surface area contributed by atoms with E-state index in [2.05, 4.69) is 4.74 Å². The van der Waals surface area contributed by atoms with E-state index in [0.29, 0.717) is 4.90 Å². The van der Waals surface area contributed by atoms with Gasteiger partial charge in [0.2, 0.25) is 0 Å². The number of halogens is 11. The van der Waals surface area contributed by atoms with Crippen LogP contribution in [-0.2, 0) is 4.74 Å². The Hall–Kier alpha value is -0.890. The fourth-order valence-electron chi connectivity index (χ4n) is 3.51. The van der Waals surface area contributed by atoms with Crippen LogP contribution < -0.4 is 0 Å². The number of alkyl halides is 11. The molecule has 2 aliphatic heterocycles. The zero-order valence-corrected chi connectivity index (χ0v) is 15.0. The molecular formula is C15H19F11N2O. The lowest BCUT2D eigenvalue weighted by Crippen LogP contribution is -2.64. The molecule has 2 rings (SSSR count). The molecule has 2 aliphatic rings. The molecule has 4 atom stereocenters. The van der Waals surface area contributed by atoms with E-state index in [1.165, 1.54) is 0 Å². The van der Waals surface area contributed by atoms with Crippen LogP contribution in [0.4, 0.5) is 48.3 Å². The van der Waals surface area contributed by atoms with Crippen LogP contribution in [0.2, 0.25) is 0 Å². The SMILES string of the molecule is CN1CCN(C(C(F)(F)F)C(F)(F)C2CCC(C(F)(F)C(F)C(F)(F)F)O2)CC1. The molecule has 14 heteroatoms. The second kappa shape index (κ2) is 7.98. The summed E-state index contributed by atoms with van der Waals surface area (Å²) in [5.74, 6) is -9.95. The Kier molecular flexibility index (Phi) is 6.71. The molecule has 0 aromatic rings. The van der Waals surface area contributed by atoms with Gasteiger partial charge < -0.3 is 9.64 Å². The molecule has 29 heavy (non-hydrogen) atoms. The van der Waals surface area contributed by atoms with Crippen molar-refractivity contribution < 1.29 is 53.0 Å². The van der Waals surface area contributed by atoms with Gasteiger partial charge in [-0.25, -0.2) is 22.0 Å². The first-order valence-corrected chi connectivity index (χ1v) is 8.60. The van der Waals surface area contributed by atoms with Crippen LogP contribution in [0, 0.1) is 0 Å². The lowest BCUT2D eigenvalue weighted by Gasteiger charge is -2.43. The highest BCUT2D eigenvalue weighted by molar-refractivity contribution is 5.02. The van der Waals surface area contributed by atoms with Gasteiger partial charge in [0.05, 0.1) is 0 Å². The minimum atomic E-state index is -5.98. The van der Waals surface area contributed by atoms with E-state index >= 15 is 0 Å². The van der Waals surface area contributed by atoms with Crippen molar-refractivity contribution in [3.05, 3.63) is 0 Å². The molecule has 0 radical (unpaired) electrons. The van der Waals surface area contributed by atoms with Crippen LogP contribution in [0.25, 0.3) is 0 Å². The highest BCUT2D eigenvalue weighted by Gasteiger charge is 2.67. The maximum absolute atomic E-state index is 14.7. The average Bonchev–Trinajstić information content (AvgIpc) is 3.05. The van der Waals surface area contributed by atoms with Crippen LogP contribution in [0.3, 0.4) is 0 Å². The van der Waals surface area contributed by atoms with Gasteiger partial charge in [-0.3, -0.25) is 4.90 Å². The Morgan fingerprint density at radius 2 is 1.17 bits per heavy atom. The molecule has 3 nitrogen and oxygen atoms in total. The lowest BCUT2D eigenvalue weighted by atomic mass is 9.97. The van der Waals surface area contributed by atoms with Crippen molar-refractivity contribution in [1.82, 2.24) is 9.80 Å². The van der Waals surface area contributed by atoms with Gasteiger partial charge in [-0.05, 0) is 19.9 Å². The topological polar surface area (TPSA) is 15.7 Å². The summed E-state index contributed by atoms with van der Waals surface area (Å²) in [5.41, 5.74) is 0. The Bertz CT molecular complexity index is 557. The van der Waals surface area contributed by atoms with E-state index in [-0.39, 0.29) is 26.2 Å². The van der Waals surface area contributed by atoms with Gasteiger partial charge in [0, 0.05) is 26.2 Å². The van der Waals surface area contributed by atoms with E-state index in [4.69, 9.17) is 0 Å². The third-order valence-electron chi connectivity index (χ3n) is 5.08. The molecule has 4 unspecified atom stereocenters. The Balaban J connectivity index is 2.21. The summed E-state index contributed by atoms with van der Waals surface area (Å²) in [7, 11) is 1.57. The summed E-state index contributed by atoms with van der Waals surface area (Å²) in [4.78, 5) is 2.05. The lowest BCUT2D eigenvalue weighted by molar-refractivity contribution is -0.295. The molecule has 2 saturated heterocycles. The smallest absolute Gasteiger partial charge is 0.362 e. The number of hydrogen-bond acceptors (Lipinski definition) is 3. The number of rotatable bonds is 5. The van der Waals surface area contributed by atoms with Crippen molar-refractivity contribution >= 4 is 0 Å². The van der Waals surface area contributed by atoms with Crippen molar-refractivity contribution in [1.29, 1.82) is 0 Å². The van der Waals surface area contributed by atoms with E-state index in [0.717, 1.165) is 0 Å². The van der Waals surface area contributed by atoms with Crippen molar-refractivity contribution in [2.75, 3.05) is 33.2 Å². The zero-order valence-electron chi connectivity index (χ0n) is 15.0. The summed E-state index contributed by atoms with van der Waals surface area (Å²) < 4.78 is 151. The number of nitrogens with zero attached hydrogens (tertiary/aromatic N) is 2. The maximum Gasteiger partial charge on any atom is 0.425 e. The van der Waals surface area contributed by atoms with Crippen LogP contribution in [0.1, 0.15) is 12.8 Å². The van der Waals surface area contributed by atoms with Gasteiger partial charge in [0.25, 0.3) is 12.1 Å². The normalized spacial score (nSPS) is 28.6. The molecule has 2 fully saturated rings. The standard InChI is InChI=1S/C15H19F11N2O/c1-27-4-6-28(7-5-27)11(15(24,25)26)13(19,20)9-3-2-8(29-9)12(17,18)10(16)14(21,22)23/h8-11H,2-7H2,1H3. The third-order valence-corrected chi connectivity index (χ3v) is 5.08. The highest BCUT2D eigenvalue weighted by atomic mass is 19.4. The van der Waals surface area contributed by atoms with Gasteiger partial charge in [-0.15, -0.1) is 0 Å². The average molecular weight is 452 g/mol. The van der Waals surface area contributed by atoms with Gasteiger partial charge in [-0.2, -0.15) is 26.3 Å². The molecular weight excluding hydrogens is 433 g/mol. The highest BCUT2D eigenvalue weighted by Crippen LogP contribution is 2.47. The fraction of sp³-hybridized carbons (Fsp3) is 1.00. The number of piperazine rings is 1. The van der Waals surface area contributed by atoms with Gasteiger partial charge in [0.15, 0.2) is 6.04 Å². The summed E-state index contributed by atoms with van der Waals surface area (Å²) in [6.45, 7) is -0.680. The quantitative estimate of drug-likeness (QED) is 0.589. The second-order valence-corrected chi connectivity index (χ2v) is 7.23. The monoisotopic (exact) mass is 452 g/mol. The molecule has 0 amide bonds. The first-order chi connectivity index (χ1) is 13.0. The van der Waals surface area contributed by atoms with E-state index in [1.54, 1.807) is 11.9 Å². The van der Waals surface area contributed by atoms with Crippen molar-refractivity contribution in [3.63, 3.8) is 0 Å². The van der Waals surface area contributed by atoms with Crippen LogP contribution in [0.5, 0.6) is 0 Å². The number of ether oxygens (including phenoxy) is 1. The molecule has 172 valence electrons. The van der Waals surface area contributed by atoms with Crippen LogP contribution >= 0.6 is 0 Å². The molecule has 0 saturated carbocycles. The minimum Gasteiger partial charge on any atom is -0.362 e. The molecule has 0 bridgehead atoms. The molecule has 0 aromatic heterocycles. The second-order valence-electron chi connectivity index (χ2n) is 7.23. The van der Waals surface area contributed by atoms with E-state index < -0.39 is 61.5 Å². The van der Waals surface area contributed by atoms with Crippen LogP contribution in [0.15, 0.2) is 0 Å². The Labute approximate surface area is 158 Å². The Morgan fingerprint density at radius 1 is 0.724 bits per heavy atom. The minimum absolute atomic E-state index is 0.0456. The van der Waals surface area contributed by atoms with E-state index in [9.17, 15) is 48.3 Å². The first kappa shape index (κ1) is 24.4. The first-order valence-electron chi connectivity index (χ1n) is 8.60. The van der Waals surface area contributed by atoms with Crippen LogP contribution in [-0.4, -0.2) is 91.6 Å². The fourth-order valence-corrected chi connectivity index (χ4v) is 3.51. The summed E-state index contributed by atoms with van der Waals surface area (Å²) >= 11 is 0.